The van der Waals surface area contributed by atoms with Gasteiger partial charge < -0.3 is 5.32 Å². The van der Waals surface area contributed by atoms with Crippen molar-refractivity contribution in [3.05, 3.63) is 29.6 Å². The maximum absolute atomic E-state index is 11.9. The monoisotopic (exact) mass is 275 g/mol. The van der Waals surface area contributed by atoms with E-state index in [4.69, 9.17) is 0 Å². The number of hydrogen-bond acceptors (Lipinski definition) is 3. The van der Waals surface area contributed by atoms with Crippen molar-refractivity contribution in [2.75, 3.05) is 19.6 Å². The summed E-state index contributed by atoms with van der Waals surface area (Å²) in [6, 6.07) is 1.92. The molecule has 0 unspecified atom stereocenters. The van der Waals surface area contributed by atoms with Crippen LogP contribution in [0.5, 0.6) is 0 Å². The molecule has 1 aromatic rings. The van der Waals surface area contributed by atoms with Gasteiger partial charge in [-0.3, -0.25) is 14.7 Å². The van der Waals surface area contributed by atoms with Crippen LogP contribution in [0.3, 0.4) is 0 Å². The summed E-state index contributed by atoms with van der Waals surface area (Å²) in [5.74, 6) is 0.0938. The SMILES string of the molecule is Cc1cnccc1CC(=O)NCCN1CCCC1(C)C. The molecular formula is C16H25N3O. The molecule has 0 bridgehead atoms. The second-order valence-corrected chi connectivity index (χ2v) is 6.23. The zero-order valence-electron chi connectivity index (χ0n) is 12.8. The second-order valence-electron chi connectivity index (χ2n) is 6.23. The van der Waals surface area contributed by atoms with Gasteiger partial charge in [0.1, 0.15) is 0 Å². The Morgan fingerprint density at radius 3 is 2.95 bits per heavy atom. The standard InChI is InChI=1S/C16H25N3O/c1-13-12-17-7-5-14(13)11-15(20)18-8-10-19-9-4-6-16(19,2)3/h5,7,12H,4,6,8-11H2,1-3H3,(H,18,20). The minimum atomic E-state index is 0.0938. The van der Waals surface area contributed by atoms with Crippen molar-refractivity contribution in [1.82, 2.24) is 15.2 Å². The highest BCUT2D eigenvalue weighted by molar-refractivity contribution is 5.78. The van der Waals surface area contributed by atoms with Gasteiger partial charge in [-0.05, 0) is 57.4 Å². The van der Waals surface area contributed by atoms with E-state index in [0.717, 1.165) is 30.8 Å². The lowest BCUT2D eigenvalue weighted by molar-refractivity contribution is -0.120. The first-order valence-corrected chi connectivity index (χ1v) is 7.40. The van der Waals surface area contributed by atoms with E-state index in [-0.39, 0.29) is 11.4 Å². The fourth-order valence-corrected chi connectivity index (χ4v) is 2.84. The Labute approximate surface area is 121 Å². The van der Waals surface area contributed by atoms with Crippen molar-refractivity contribution in [1.29, 1.82) is 0 Å². The van der Waals surface area contributed by atoms with Crippen LogP contribution in [-0.2, 0) is 11.2 Å². The van der Waals surface area contributed by atoms with Crippen molar-refractivity contribution >= 4 is 5.91 Å². The first kappa shape index (κ1) is 15.0. The summed E-state index contributed by atoms with van der Waals surface area (Å²) in [7, 11) is 0. The number of nitrogens with zero attached hydrogens (tertiary/aromatic N) is 2. The molecule has 0 saturated carbocycles. The molecule has 1 aliphatic rings. The summed E-state index contributed by atoms with van der Waals surface area (Å²) in [5.41, 5.74) is 2.41. The molecule has 0 atom stereocenters. The summed E-state index contributed by atoms with van der Waals surface area (Å²) in [6.07, 6.45) is 6.49. The summed E-state index contributed by atoms with van der Waals surface area (Å²) in [5, 5.41) is 3.02. The van der Waals surface area contributed by atoms with E-state index in [1.165, 1.54) is 12.8 Å². The molecule has 0 aliphatic carbocycles. The van der Waals surface area contributed by atoms with Crippen molar-refractivity contribution < 1.29 is 4.79 Å². The number of likely N-dealkylation sites (tertiary alicyclic amines) is 1. The van der Waals surface area contributed by atoms with Gasteiger partial charge in [-0.1, -0.05) is 0 Å². The number of amides is 1. The lowest BCUT2D eigenvalue weighted by atomic mass is 10.0. The van der Waals surface area contributed by atoms with E-state index < -0.39 is 0 Å². The van der Waals surface area contributed by atoms with Crippen LogP contribution >= 0.6 is 0 Å². The molecule has 2 rings (SSSR count). The first-order chi connectivity index (χ1) is 9.49. The number of aromatic nitrogens is 1. The van der Waals surface area contributed by atoms with Crippen molar-refractivity contribution in [2.45, 2.75) is 45.6 Å². The topological polar surface area (TPSA) is 45.2 Å². The lowest BCUT2D eigenvalue weighted by Crippen LogP contribution is -2.43. The normalized spacial score (nSPS) is 18.1. The molecule has 1 aliphatic heterocycles. The van der Waals surface area contributed by atoms with Crippen LogP contribution < -0.4 is 5.32 Å². The summed E-state index contributed by atoms with van der Waals surface area (Å²) >= 11 is 0. The lowest BCUT2D eigenvalue weighted by Gasteiger charge is -2.31. The van der Waals surface area contributed by atoms with Gasteiger partial charge in [-0.2, -0.15) is 0 Å². The largest absolute Gasteiger partial charge is 0.355 e. The molecule has 1 fully saturated rings. The molecule has 1 aromatic heterocycles. The Hall–Kier alpha value is -1.42. The molecule has 1 N–H and O–H groups in total. The Balaban J connectivity index is 1.75. The van der Waals surface area contributed by atoms with Gasteiger partial charge in [-0.25, -0.2) is 0 Å². The van der Waals surface area contributed by atoms with Crippen molar-refractivity contribution in [3.63, 3.8) is 0 Å². The van der Waals surface area contributed by atoms with E-state index in [0.29, 0.717) is 6.42 Å². The number of aryl methyl sites for hydroxylation is 1. The van der Waals surface area contributed by atoms with Gasteiger partial charge in [0, 0.05) is 31.0 Å². The van der Waals surface area contributed by atoms with Gasteiger partial charge in [0.05, 0.1) is 6.42 Å². The Kier molecular flexibility index (Phi) is 4.76. The molecule has 0 radical (unpaired) electrons. The van der Waals surface area contributed by atoms with E-state index in [1.807, 2.05) is 13.0 Å². The summed E-state index contributed by atoms with van der Waals surface area (Å²) < 4.78 is 0. The number of rotatable bonds is 5. The smallest absolute Gasteiger partial charge is 0.224 e. The minimum Gasteiger partial charge on any atom is -0.355 e. The Morgan fingerprint density at radius 1 is 1.50 bits per heavy atom. The van der Waals surface area contributed by atoms with E-state index >= 15 is 0 Å². The molecular weight excluding hydrogens is 250 g/mol. The number of nitrogens with one attached hydrogen (secondary N) is 1. The first-order valence-electron chi connectivity index (χ1n) is 7.40. The predicted molar refractivity (Wildman–Crippen MR) is 80.6 cm³/mol. The van der Waals surface area contributed by atoms with Crippen molar-refractivity contribution in [2.24, 2.45) is 0 Å². The molecule has 20 heavy (non-hydrogen) atoms. The van der Waals surface area contributed by atoms with Crippen LogP contribution in [0.4, 0.5) is 0 Å². The molecule has 2 heterocycles. The van der Waals surface area contributed by atoms with Crippen LogP contribution in [0, 0.1) is 6.92 Å². The van der Waals surface area contributed by atoms with E-state index in [2.05, 4.69) is 29.0 Å². The second kappa shape index (κ2) is 6.35. The Morgan fingerprint density at radius 2 is 2.30 bits per heavy atom. The average Bonchev–Trinajstić information content (AvgIpc) is 2.72. The highest BCUT2D eigenvalue weighted by Gasteiger charge is 2.31. The maximum atomic E-state index is 11.9. The van der Waals surface area contributed by atoms with Crippen LogP contribution in [0.15, 0.2) is 18.5 Å². The van der Waals surface area contributed by atoms with Gasteiger partial charge in [0.25, 0.3) is 0 Å². The average molecular weight is 275 g/mol. The van der Waals surface area contributed by atoms with Crippen LogP contribution in [0.2, 0.25) is 0 Å². The van der Waals surface area contributed by atoms with Crippen LogP contribution in [-0.4, -0.2) is 41.0 Å². The van der Waals surface area contributed by atoms with Crippen LogP contribution in [0.1, 0.15) is 37.8 Å². The summed E-state index contributed by atoms with van der Waals surface area (Å²) in [6.45, 7) is 9.36. The fourth-order valence-electron chi connectivity index (χ4n) is 2.84. The molecule has 1 amide bonds. The maximum Gasteiger partial charge on any atom is 0.224 e. The number of pyridine rings is 1. The molecule has 110 valence electrons. The third-order valence-electron chi connectivity index (χ3n) is 4.26. The highest BCUT2D eigenvalue weighted by Crippen LogP contribution is 2.27. The third kappa shape index (κ3) is 3.79. The zero-order valence-corrected chi connectivity index (χ0v) is 12.8. The number of carbonyl (C=O) groups is 1. The molecule has 4 nitrogen and oxygen atoms in total. The fraction of sp³-hybridized carbons (Fsp3) is 0.625. The third-order valence-corrected chi connectivity index (χ3v) is 4.26. The quantitative estimate of drug-likeness (QED) is 0.893. The zero-order chi connectivity index (χ0) is 14.6. The minimum absolute atomic E-state index is 0.0938. The van der Waals surface area contributed by atoms with Gasteiger partial charge in [0.2, 0.25) is 5.91 Å². The number of carbonyl (C=O) groups excluding carboxylic acids is 1. The van der Waals surface area contributed by atoms with Gasteiger partial charge in [0.15, 0.2) is 0 Å². The predicted octanol–water partition coefficient (Wildman–Crippen LogP) is 1.92. The highest BCUT2D eigenvalue weighted by atomic mass is 16.1. The van der Waals surface area contributed by atoms with Crippen LogP contribution in [0.25, 0.3) is 0 Å². The van der Waals surface area contributed by atoms with E-state index in [9.17, 15) is 4.79 Å². The van der Waals surface area contributed by atoms with Crippen molar-refractivity contribution in [3.8, 4) is 0 Å². The number of hydrogen-bond donors (Lipinski definition) is 1. The van der Waals surface area contributed by atoms with Gasteiger partial charge >= 0.3 is 0 Å². The Bertz CT molecular complexity index is 471. The molecule has 0 spiro atoms. The van der Waals surface area contributed by atoms with Gasteiger partial charge in [-0.15, -0.1) is 0 Å². The molecule has 1 saturated heterocycles. The van der Waals surface area contributed by atoms with E-state index in [1.54, 1.807) is 12.4 Å². The molecule has 4 heteroatoms. The molecule has 0 aromatic carbocycles. The summed E-state index contributed by atoms with van der Waals surface area (Å²) in [4.78, 5) is 18.5.